The van der Waals surface area contributed by atoms with Gasteiger partial charge in [0.2, 0.25) is 0 Å². The first-order valence-corrected chi connectivity index (χ1v) is 3.21. The third-order valence-electron chi connectivity index (χ3n) is 1.08. The number of aliphatic hydroxyl groups is 1. The summed E-state index contributed by atoms with van der Waals surface area (Å²) in [6.45, 7) is -0.339. The van der Waals surface area contributed by atoms with Crippen LogP contribution in [0.5, 0.6) is 0 Å². The van der Waals surface area contributed by atoms with Gasteiger partial charge < -0.3 is 21.4 Å². The Morgan fingerprint density at radius 1 is 1.58 bits per heavy atom. The zero-order valence-corrected chi connectivity index (χ0v) is 6.24. The summed E-state index contributed by atoms with van der Waals surface area (Å²) in [5.74, 6) is -0.128. The molecule has 0 rings (SSSR count). The van der Waals surface area contributed by atoms with Crippen LogP contribution >= 0.6 is 0 Å². The Balaban J connectivity index is 3.43. The molecule has 12 heavy (non-hydrogen) atoms. The first kappa shape index (κ1) is 11.1. The first-order valence-electron chi connectivity index (χ1n) is 3.21. The smallest absolute Gasteiger partial charge is 0.265 e. The Labute approximate surface area is 67.9 Å². The van der Waals surface area contributed by atoms with Gasteiger partial charge in [0.05, 0.1) is 6.54 Å². The number of aliphatic hydroxyl groups excluding tert-OH is 1. The monoisotopic (exact) mass is 183 g/mol. The van der Waals surface area contributed by atoms with Crippen molar-refractivity contribution in [3.05, 3.63) is 0 Å². The van der Waals surface area contributed by atoms with Crippen LogP contribution in [-0.4, -0.2) is 41.8 Å². The minimum atomic E-state index is -2.79. The van der Waals surface area contributed by atoms with E-state index in [1.807, 2.05) is 0 Å². The van der Waals surface area contributed by atoms with E-state index in [1.54, 1.807) is 0 Å². The number of amidine groups is 1. The van der Waals surface area contributed by atoms with Gasteiger partial charge in [-0.25, -0.2) is 8.78 Å². The predicted octanol–water partition coefficient (Wildman–Crippen LogP) is -1.05. The molecule has 0 aliphatic rings. The average molecular weight is 183 g/mol. The topological polar surface area (TPSA) is 90.9 Å². The Hall–Kier alpha value is -0.950. The number of hydrogen-bond donors (Lipinski definition) is 4. The van der Waals surface area contributed by atoms with Gasteiger partial charge in [0.25, 0.3) is 6.43 Å². The van der Waals surface area contributed by atoms with Crippen molar-refractivity contribution < 1.29 is 19.1 Å². The lowest BCUT2D eigenvalue weighted by Gasteiger charge is -2.09. The van der Waals surface area contributed by atoms with Crippen LogP contribution in [0.1, 0.15) is 0 Å². The molecule has 5 N–H and O–H groups in total. The average Bonchev–Trinajstić information content (AvgIpc) is 2.03. The standard InChI is InChI=1S/C5H11F2N3O2/c6-5(7)3(11)1-9-2-4(8)10-12/h3,5,9,11-12H,1-2H2,(H2,8,10). The molecular formula is C5H11F2N3O2. The van der Waals surface area contributed by atoms with Gasteiger partial charge in [0, 0.05) is 6.54 Å². The number of nitrogens with one attached hydrogen (secondary N) is 1. The van der Waals surface area contributed by atoms with Crippen LogP contribution < -0.4 is 11.1 Å². The number of nitrogens with zero attached hydrogens (tertiary/aromatic N) is 1. The number of nitrogens with two attached hydrogens (primary N) is 1. The molecular weight excluding hydrogens is 172 g/mol. The number of rotatable bonds is 5. The third-order valence-corrected chi connectivity index (χ3v) is 1.08. The number of hydrogen-bond acceptors (Lipinski definition) is 4. The van der Waals surface area contributed by atoms with E-state index < -0.39 is 12.5 Å². The van der Waals surface area contributed by atoms with Crippen molar-refractivity contribution in [2.45, 2.75) is 12.5 Å². The molecule has 0 spiro atoms. The molecule has 0 bridgehead atoms. The molecule has 0 aromatic heterocycles. The summed E-state index contributed by atoms with van der Waals surface area (Å²) in [7, 11) is 0. The van der Waals surface area contributed by atoms with Crippen molar-refractivity contribution in [2.75, 3.05) is 13.1 Å². The largest absolute Gasteiger partial charge is 0.409 e. The molecule has 1 atom stereocenters. The molecule has 0 heterocycles. The van der Waals surface area contributed by atoms with E-state index in [0.29, 0.717) is 0 Å². The number of halogens is 2. The third kappa shape index (κ3) is 4.80. The summed E-state index contributed by atoms with van der Waals surface area (Å²) in [6.07, 6.45) is -4.51. The Bertz CT molecular complexity index is 154. The Kier molecular flexibility index (Phi) is 5.22. The van der Waals surface area contributed by atoms with Crippen molar-refractivity contribution in [1.82, 2.24) is 5.32 Å². The number of alkyl halides is 2. The highest BCUT2D eigenvalue weighted by molar-refractivity contribution is 5.81. The summed E-state index contributed by atoms with van der Waals surface area (Å²) in [5.41, 5.74) is 5.00. The summed E-state index contributed by atoms with van der Waals surface area (Å²) in [5, 5.41) is 21.5. The fourth-order valence-electron chi connectivity index (χ4n) is 0.473. The van der Waals surface area contributed by atoms with Crippen LogP contribution in [0.25, 0.3) is 0 Å². The van der Waals surface area contributed by atoms with E-state index >= 15 is 0 Å². The van der Waals surface area contributed by atoms with E-state index in [2.05, 4.69) is 10.5 Å². The maximum absolute atomic E-state index is 11.6. The van der Waals surface area contributed by atoms with Gasteiger partial charge in [-0.15, -0.1) is 0 Å². The summed E-state index contributed by atoms with van der Waals surface area (Å²) in [6, 6.07) is 0. The van der Waals surface area contributed by atoms with Crippen LogP contribution in [-0.2, 0) is 0 Å². The molecule has 72 valence electrons. The Morgan fingerprint density at radius 2 is 2.17 bits per heavy atom. The zero-order valence-electron chi connectivity index (χ0n) is 6.24. The highest BCUT2D eigenvalue weighted by Gasteiger charge is 2.15. The van der Waals surface area contributed by atoms with Gasteiger partial charge >= 0.3 is 0 Å². The fourth-order valence-corrected chi connectivity index (χ4v) is 0.473. The second-order valence-corrected chi connectivity index (χ2v) is 2.12. The van der Waals surface area contributed by atoms with Crippen molar-refractivity contribution in [3.63, 3.8) is 0 Å². The summed E-state index contributed by atoms with van der Waals surface area (Å²) in [4.78, 5) is 0. The maximum atomic E-state index is 11.6. The van der Waals surface area contributed by atoms with E-state index in [0.717, 1.165) is 0 Å². The van der Waals surface area contributed by atoms with Gasteiger partial charge in [0.15, 0.2) is 5.84 Å². The Morgan fingerprint density at radius 3 is 2.58 bits per heavy atom. The molecule has 7 heteroatoms. The van der Waals surface area contributed by atoms with Crippen molar-refractivity contribution in [1.29, 1.82) is 0 Å². The molecule has 0 radical (unpaired) electrons. The zero-order chi connectivity index (χ0) is 9.56. The lowest BCUT2D eigenvalue weighted by Crippen LogP contribution is -2.37. The summed E-state index contributed by atoms with van der Waals surface area (Å²) >= 11 is 0. The highest BCUT2D eigenvalue weighted by Crippen LogP contribution is 1.97. The minimum absolute atomic E-state index is 0.0414. The summed E-state index contributed by atoms with van der Waals surface area (Å²) < 4.78 is 23.3. The van der Waals surface area contributed by atoms with Gasteiger partial charge in [-0.3, -0.25) is 0 Å². The second kappa shape index (κ2) is 5.67. The second-order valence-electron chi connectivity index (χ2n) is 2.12. The van der Waals surface area contributed by atoms with Crippen molar-refractivity contribution in [2.24, 2.45) is 10.9 Å². The predicted molar refractivity (Wildman–Crippen MR) is 38.3 cm³/mol. The molecule has 0 aliphatic heterocycles. The molecule has 0 amide bonds. The minimum Gasteiger partial charge on any atom is -0.409 e. The lowest BCUT2D eigenvalue weighted by molar-refractivity contribution is -0.00264. The van der Waals surface area contributed by atoms with Crippen molar-refractivity contribution >= 4 is 5.84 Å². The van der Waals surface area contributed by atoms with Crippen LogP contribution in [0, 0.1) is 0 Å². The quantitative estimate of drug-likeness (QED) is 0.189. The van der Waals surface area contributed by atoms with Crippen LogP contribution in [0.3, 0.4) is 0 Å². The molecule has 0 aromatic rings. The first-order chi connectivity index (χ1) is 5.57. The van der Waals surface area contributed by atoms with E-state index in [9.17, 15) is 8.78 Å². The fraction of sp³-hybridized carbons (Fsp3) is 0.800. The van der Waals surface area contributed by atoms with E-state index in [-0.39, 0.29) is 18.9 Å². The van der Waals surface area contributed by atoms with Crippen LogP contribution in [0.15, 0.2) is 5.16 Å². The van der Waals surface area contributed by atoms with Crippen LogP contribution in [0.4, 0.5) is 8.78 Å². The highest BCUT2D eigenvalue weighted by atomic mass is 19.3. The molecule has 0 aromatic carbocycles. The van der Waals surface area contributed by atoms with Gasteiger partial charge in [0.1, 0.15) is 6.10 Å². The molecule has 0 saturated heterocycles. The van der Waals surface area contributed by atoms with Gasteiger partial charge in [-0.1, -0.05) is 5.16 Å². The molecule has 0 fully saturated rings. The normalized spacial score (nSPS) is 15.2. The lowest BCUT2D eigenvalue weighted by atomic mass is 10.3. The van der Waals surface area contributed by atoms with Crippen molar-refractivity contribution in [3.8, 4) is 0 Å². The molecule has 5 nitrogen and oxygen atoms in total. The van der Waals surface area contributed by atoms with Gasteiger partial charge in [-0.2, -0.15) is 0 Å². The van der Waals surface area contributed by atoms with E-state index in [4.69, 9.17) is 16.0 Å². The molecule has 0 aliphatic carbocycles. The maximum Gasteiger partial charge on any atom is 0.265 e. The molecule has 0 saturated carbocycles. The van der Waals surface area contributed by atoms with Gasteiger partial charge in [-0.05, 0) is 0 Å². The van der Waals surface area contributed by atoms with Crippen LogP contribution in [0.2, 0.25) is 0 Å². The number of oxime groups is 1. The van der Waals surface area contributed by atoms with E-state index in [1.165, 1.54) is 0 Å². The SMILES string of the molecule is NC(CNCC(O)C(F)F)=NO. The molecule has 1 unspecified atom stereocenters.